The van der Waals surface area contributed by atoms with Crippen LogP contribution in [0.1, 0.15) is 68.7 Å². The summed E-state index contributed by atoms with van der Waals surface area (Å²) in [6, 6.07) is 0.230. The van der Waals surface area contributed by atoms with Gasteiger partial charge in [-0.05, 0) is 74.7 Å². The molecule has 1 aromatic heterocycles. The molecule has 1 aromatic rings. The van der Waals surface area contributed by atoms with Crippen molar-refractivity contribution in [3.63, 3.8) is 0 Å². The fourth-order valence-corrected chi connectivity index (χ4v) is 3.86. The van der Waals surface area contributed by atoms with Gasteiger partial charge in [0.2, 0.25) is 5.95 Å². The quantitative estimate of drug-likeness (QED) is 0.643. The molecule has 0 unspecified atom stereocenters. The number of carbonyl (C=O) groups excluding carboxylic acids is 1. The van der Waals surface area contributed by atoms with Crippen molar-refractivity contribution in [2.45, 2.75) is 91.6 Å². The van der Waals surface area contributed by atoms with Crippen LogP contribution in [0.4, 0.5) is 10.7 Å². The van der Waals surface area contributed by atoms with Crippen LogP contribution in [-0.4, -0.2) is 70.6 Å². The number of amides is 1. The zero-order valence-electron chi connectivity index (χ0n) is 21.1. The Kier molecular flexibility index (Phi) is 6.83. The van der Waals surface area contributed by atoms with Gasteiger partial charge in [0.15, 0.2) is 0 Å². The highest BCUT2D eigenvalue weighted by atomic mass is 16.7. The molecular weight excluding hydrogens is 407 g/mol. The minimum Gasteiger partial charge on any atom is -0.444 e. The molecule has 2 fully saturated rings. The second-order valence-electron chi connectivity index (χ2n) is 11.2. The molecule has 0 bridgehead atoms. The number of hydrogen-bond donors (Lipinski definition) is 0. The van der Waals surface area contributed by atoms with E-state index in [1.54, 1.807) is 17.3 Å². The highest BCUT2D eigenvalue weighted by molar-refractivity contribution is 6.61. The van der Waals surface area contributed by atoms with Gasteiger partial charge in [0.05, 0.1) is 11.2 Å². The minimum absolute atomic E-state index is 0.230. The minimum atomic E-state index is -0.480. The summed E-state index contributed by atoms with van der Waals surface area (Å²) >= 11 is 0. The van der Waals surface area contributed by atoms with E-state index in [-0.39, 0.29) is 12.1 Å². The number of anilines is 1. The van der Waals surface area contributed by atoms with Crippen LogP contribution in [0.5, 0.6) is 0 Å². The molecular formula is C23H39BN4O4. The highest BCUT2D eigenvalue weighted by Gasteiger charge is 2.52. The van der Waals surface area contributed by atoms with E-state index in [1.165, 1.54) is 0 Å². The Morgan fingerprint density at radius 2 is 1.78 bits per heavy atom. The number of aromatic nitrogens is 2. The normalized spacial score (nSPS) is 22.5. The van der Waals surface area contributed by atoms with Crippen LogP contribution < -0.4 is 10.4 Å². The lowest BCUT2D eigenvalue weighted by atomic mass is 9.81. The van der Waals surface area contributed by atoms with Gasteiger partial charge in [-0.2, -0.15) is 0 Å². The van der Waals surface area contributed by atoms with E-state index in [0.717, 1.165) is 18.4 Å². The first-order valence-electron chi connectivity index (χ1n) is 11.6. The maximum atomic E-state index is 12.4. The summed E-state index contributed by atoms with van der Waals surface area (Å²) < 4.78 is 17.7. The third kappa shape index (κ3) is 5.54. The van der Waals surface area contributed by atoms with E-state index < -0.39 is 23.9 Å². The van der Waals surface area contributed by atoms with E-state index in [4.69, 9.17) is 14.0 Å². The molecule has 0 spiro atoms. The lowest BCUT2D eigenvalue weighted by molar-refractivity contribution is 0.00578. The van der Waals surface area contributed by atoms with Crippen LogP contribution in [0.3, 0.4) is 0 Å². The molecule has 0 saturated carbocycles. The molecule has 2 aliphatic rings. The molecule has 0 aliphatic carbocycles. The smallest absolute Gasteiger partial charge is 0.444 e. The third-order valence-corrected chi connectivity index (χ3v) is 6.46. The molecule has 3 heterocycles. The summed E-state index contributed by atoms with van der Waals surface area (Å²) in [7, 11) is -0.473. The van der Waals surface area contributed by atoms with E-state index in [2.05, 4.69) is 28.7 Å². The number of likely N-dealkylation sites (tertiary alicyclic amines) is 1. The standard InChI is InChI=1S/C23H39BN4O4/c1-16(2)28(15-17-10-11-27(14-17)20(29)30-21(3,4)5)19-25-12-18(13-26-19)24-31-22(6,7)23(8,9)32-24/h12-13,16-17H,10-11,14-15H2,1-9H3/t17-/m1/s1. The number of carbonyl (C=O) groups is 1. The van der Waals surface area contributed by atoms with Crippen LogP contribution in [0.15, 0.2) is 12.4 Å². The average molecular weight is 446 g/mol. The van der Waals surface area contributed by atoms with Gasteiger partial charge in [0.25, 0.3) is 0 Å². The van der Waals surface area contributed by atoms with Gasteiger partial charge in [-0.1, -0.05) is 0 Å². The molecule has 1 amide bonds. The Balaban J connectivity index is 1.64. The number of rotatable bonds is 5. The van der Waals surface area contributed by atoms with E-state index in [9.17, 15) is 4.79 Å². The van der Waals surface area contributed by atoms with Crippen LogP contribution in [0, 0.1) is 5.92 Å². The van der Waals surface area contributed by atoms with E-state index >= 15 is 0 Å². The second-order valence-corrected chi connectivity index (χ2v) is 11.2. The van der Waals surface area contributed by atoms with Gasteiger partial charge < -0.3 is 23.8 Å². The molecule has 0 radical (unpaired) electrons. The molecule has 0 aromatic carbocycles. The van der Waals surface area contributed by atoms with Crippen molar-refractivity contribution in [3.8, 4) is 0 Å². The van der Waals surface area contributed by atoms with Gasteiger partial charge >= 0.3 is 13.2 Å². The lowest BCUT2D eigenvalue weighted by Gasteiger charge is -2.32. The summed E-state index contributed by atoms with van der Waals surface area (Å²) in [6.07, 6.45) is 4.29. The summed E-state index contributed by atoms with van der Waals surface area (Å²) in [4.78, 5) is 25.7. The Morgan fingerprint density at radius 3 is 2.28 bits per heavy atom. The number of hydrogen-bond acceptors (Lipinski definition) is 7. The topological polar surface area (TPSA) is 77.0 Å². The molecule has 8 nitrogen and oxygen atoms in total. The third-order valence-electron chi connectivity index (χ3n) is 6.46. The number of ether oxygens (including phenoxy) is 1. The van der Waals surface area contributed by atoms with Crippen molar-refractivity contribution in [3.05, 3.63) is 12.4 Å². The van der Waals surface area contributed by atoms with E-state index in [0.29, 0.717) is 25.0 Å². The highest BCUT2D eigenvalue weighted by Crippen LogP contribution is 2.36. The van der Waals surface area contributed by atoms with Crippen molar-refractivity contribution >= 4 is 24.6 Å². The summed E-state index contributed by atoms with van der Waals surface area (Å²) in [6.45, 7) is 20.3. The van der Waals surface area contributed by atoms with Crippen LogP contribution >= 0.6 is 0 Å². The molecule has 32 heavy (non-hydrogen) atoms. The predicted molar refractivity (Wildman–Crippen MR) is 126 cm³/mol. The van der Waals surface area contributed by atoms with Crippen molar-refractivity contribution < 1.29 is 18.8 Å². The van der Waals surface area contributed by atoms with Crippen molar-refractivity contribution in [1.29, 1.82) is 0 Å². The number of nitrogens with zero attached hydrogens (tertiary/aromatic N) is 4. The molecule has 2 saturated heterocycles. The Labute approximate surface area is 193 Å². The molecule has 3 rings (SSSR count). The fraction of sp³-hybridized carbons (Fsp3) is 0.783. The first kappa shape index (κ1) is 24.8. The Bertz CT molecular complexity index is 791. The van der Waals surface area contributed by atoms with Crippen LogP contribution in [0.25, 0.3) is 0 Å². The lowest BCUT2D eigenvalue weighted by Crippen LogP contribution is -2.41. The molecule has 1 atom stereocenters. The Morgan fingerprint density at radius 1 is 1.22 bits per heavy atom. The van der Waals surface area contributed by atoms with Gasteiger partial charge in [-0.25, -0.2) is 14.8 Å². The predicted octanol–water partition coefficient (Wildman–Crippen LogP) is 3.25. The van der Waals surface area contributed by atoms with Gasteiger partial charge in [0.1, 0.15) is 5.60 Å². The molecule has 178 valence electrons. The maximum Gasteiger partial charge on any atom is 0.498 e. The maximum absolute atomic E-state index is 12.4. The van der Waals surface area contributed by atoms with Crippen molar-refractivity contribution in [2.24, 2.45) is 5.92 Å². The van der Waals surface area contributed by atoms with Crippen molar-refractivity contribution in [2.75, 3.05) is 24.5 Å². The summed E-state index contributed by atoms with van der Waals surface area (Å²) in [5.41, 5.74) is -0.467. The largest absolute Gasteiger partial charge is 0.498 e. The molecule has 9 heteroatoms. The fourth-order valence-electron chi connectivity index (χ4n) is 3.86. The second kappa shape index (κ2) is 8.82. The van der Waals surface area contributed by atoms with Crippen LogP contribution in [-0.2, 0) is 14.0 Å². The SMILES string of the molecule is CC(C)N(C[C@@H]1CCN(C(=O)OC(C)(C)C)C1)c1ncc(B2OC(C)(C)C(C)(C)O2)cn1. The van der Waals surface area contributed by atoms with Gasteiger partial charge in [-0.15, -0.1) is 0 Å². The van der Waals surface area contributed by atoms with Crippen LogP contribution in [0.2, 0.25) is 0 Å². The molecule has 0 N–H and O–H groups in total. The molecule has 2 aliphatic heterocycles. The van der Waals surface area contributed by atoms with Gasteiger partial charge in [0, 0.05) is 43.5 Å². The van der Waals surface area contributed by atoms with E-state index in [1.807, 2.05) is 48.5 Å². The van der Waals surface area contributed by atoms with Gasteiger partial charge in [-0.3, -0.25) is 0 Å². The summed E-state index contributed by atoms with van der Waals surface area (Å²) in [5, 5.41) is 0. The average Bonchev–Trinajstić information content (AvgIpc) is 3.20. The Hall–Kier alpha value is -1.87. The first-order valence-corrected chi connectivity index (χ1v) is 11.6. The zero-order valence-corrected chi connectivity index (χ0v) is 21.1. The monoisotopic (exact) mass is 446 g/mol. The van der Waals surface area contributed by atoms with Crippen molar-refractivity contribution in [1.82, 2.24) is 14.9 Å². The zero-order chi connectivity index (χ0) is 23.9. The first-order chi connectivity index (χ1) is 14.7. The summed E-state index contributed by atoms with van der Waals surface area (Å²) in [5.74, 6) is 1.02.